The molecular formula is C15H20ClFN2OS. The minimum atomic E-state index is -0.446. The van der Waals surface area contributed by atoms with Crippen LogP contribution in [0.1, 0.15) is 30.4 Å². The highest BCUT2D eigenvalue weighted by Crippen LogP contribution is 2.27. The lowest BCUT2D eigenvalue weighted by atomic mass is 9.88. The number of carbonyl (C=O) groups excluding carboxylic acids is 1. The predicted octanol–water partition coefficient (Wildman–Crippen LogP) is 3.57. The third kappa shape index (κ3) is 3.73. The van der Waals surface area contributed by atoms with Crippen LogP contribution in [0, 0.1) is 11.7 Å². The monoisotopic (exact) mass is 330 g/mol. The Bertz CT molecular complexity index is 644. The standard InChI is InChI=1S/C15H19FN2OS.ClH/c1-9(2)15(3,8-17)18-14(19)13-7-10-6-11(16)4-5-12(10)20-13;/h4-7,9H,8,17H2,1-3H3,(H,18,19);1H. The molecule has 0 aliphatic carbocycles. The van der Waals surface area contributed by atoms with Gasteiger partial charge in [0.15, 0.2) is 0 Å². The molecule has 2 aromatic rings. The summed E-state index contributed by atoms with van der Waals surface area (Å²) in [4.78, 5) is 12.9. The normalized spacial score (nSPS) is 13.8. The van der Waals surface area contributed by atoms with E-state index in [1.165, 1.54) is 23.5 Å². The second-order valence-corrected chi connectivity index (χ2v) is 6.61. The van der Waals surface area contributed by atoms with Crippen molar-refractivity contribution in [3.8, 4) is 0 Å². The summed E-state index contributed by atoms with van der Waals surface area (Å²) in [6.45, 7) is 6.35. The van der Waals surface area contributed by atoms with Crippen molar-refractivity contribution in [2.75, 3.05) is 6.54 Å². The Labute approximate surface area is 134 Å². The first-order valence-corrected chi connectivity index (χ1v) is 7.39. The number of hydrogen-bond acceptors (Lipinski definition) is 3. The minimum absolute atomic E-state index is 0. The van der Waals surface area contributed by atoms with Crippen LogP contribution in [0.2, 0.25) is 0 Å². The molecule has 0 saturated carbocycles. The van der Waals surface area contributed by atoms with Crippen LogP contribution >= 0.6 is 23.7 Å². The lowest BCUT2D eigenvalue weighted by molar-refractivity contribution is 0.0887. The summed E-state index contributed by atoms with van der Waals surface area (Å²) in [7, 11) is 0. The molecule has 116 valence electrons. The number of nitrogens with one attached hydrogen (secondary N) is 1. The van der Waals surface area contributed by atoms with E-state index in [9.17, 15) is 9.18 Å². The van der Waals surface area contributed by atoms with Crippen LogP contribution in [0.5, 0.6) is 0 Å². The Morgan fingerprint density at radius 1 is 1.43 bits per heavy atom. The highest BCUT2D eigenvalue weighted by Gasteiger charge is 2.29. The fourth-order valence-electron chi connectivity index (χ4n) is 1.88. The van der Waals surface area contributed by atoms with Gasteiger partial charge in [0.05, 0.1) is 10.4 Å². The number of hydrogen-bond donors (Lipinski definition) is 2. The number of thiophene rings is 1. The Kier molecular flexibility index (Phi) is 5.73. The van der Waals surface area contributed by atoms with Gasteiger partial charge in [0.1, 0.15) is 5.82 Å². The van der Waals surface area contributed by atoms with E-state index in [0.29, 0.717) is 11.4 Å². The fraction of sp³-hybridized carbons (Fsp3) is 0.400. The number of fused-ring (bicyclic) bond motifs is 1. The van der Waals surface area contributed by atoms with Crippen LogP contribution in [-0.2, 0) is 0 Å². The van der Waals surface area contributed by atoms with Crippen molar-refractivity contribution in [1.29, 1.82) is 0 Å². The third-order valence-electron chi connectivity index (χ3n) is 3.80. The molecule has 1 amide bonds. The molecule has 1 heterocycles. The van der Waals surface area contributed by atoms with Crippen LogP contribution in [0.15, 0.2) is 24.3 Å². The average Bonchev–Trinajstić information content (AvgIpc) is 2.81. The molecule has 1 aromatic carbocycles. The number of nitrogens with two attached hydrogens (primary N) is 1. The summed E-state index contributed by atoms with van der Waals surface area (Å²) in [5.41, 5.74) is 5.32. The van der Waals surface area contributed by atoms with Crippen LogP contribution in [0.4, 0.5) is 4.39 Å². The van der Waals surface area contributed by atoms with Crippen molar-refractivity contribution in [1.82, 2.24) is 5.32 Å². The predicted molar refractivity (Wildman–Crippen MR) is 88.8 cm³/mol. The molecule has 1 atom stereocenters. The molecular weight excluding hydrogens is 311 g/mol. The molecule has 21 heavy (non-hydrogen) atoms. The van der Waals surface area contributed by atoms with Gasteiger partial charge in [-0.2, -0.15) is 0 Å². The lowest BCUT2D eigenvalue weighted by Crippen LogP contribution is -2.54. The molecule has 3 N–H and O–H groups in total. The number of rotatable bonds is 4. The van der Waals surface area contributed by atoms with E-state index >= 15 is 0 Å². The van der Waals surface area contributed by atoms with Crippen LogP contribution in [0.3, 0.4) is 0 Å². The zero-order chi connectivity index (χ0) is 14.9. The highest BCUT2D eigenvalue weighted by molar-refractivity contribution is 7.20. The second-order valence-electron chi connectivity index (χ2n) is 5.52. The van der Waals surface area contributed by atoms with Crippen molar-refractivity contribution in [2.24, 2.45) is 11.7 Å². The highest BCUT2D eigenvalue weighted by atomic mass is 35.5. The van der Waals surface area contributed by atoms with Crippen molar-refractivity contribution >= 4 is 39.7 Å². The number of amides is 1. The summed E-state index contributed by atoms with van der Waals surface area (Å²) in [6, 6.07) is 6.25. The molecule has 0 bridgehead atoms. The first-order valence-electron chi connectivity index (χ1n) is 6.57. The Morgan fingerprint density at radius 2 is 2.10 bits per heavy atom. The van der Waals surface area contributed by atoms with Gasteiger partial charge in [0.2, 0.25) is 0 Å². The van der Waals surface area contributed by atoms with Gasteiger partial charge in [-0.25, -0.2) is 4.39 Å². The lowest BCUT2D eigenvalue weighted by Gasteiger charge is -2.33. The maximum atomic E-state index is 13.2. The fourth-order valence-corrected chi connectivity index (χ4v) is 2.82. The van der Waals surface area contributed by atoms with Crippen LogP contribution in [0.25, 0.3) is 10.1 Å². The first kappa shape index (κ1) is 17.9. The maximum Gasteiger partial charge on any atom is 0.261 e. The van der Waals surface area contributed by atoms with Crippen LogP contribution in [-0.4, -0.2) is 18.0 Å². The number of halogens is 2. The molecule has 1 aromatic heterocycles. The molecule has 6 heteroatoms. The van der Waals surface area contributed by atoms with E-state index in [2.05, 4.69) is 5.32 Å². The van der Waals surface area contributed by atoms with E-state index in [0.717, 1.165) is 10.1 Å². The molecule has 2 rings (SSSR count). The van der Waals surface area contributed by atoms with E-state index in [-0.39, 0.29) is 30.0 Å². The van der Waals surface area contributed by atoms with Crippen LogP contribution < -0.4 is 11.1 Å². The number of carbonyl (C=O) groups is 1. The SMILES string of the molecule is CC(C)C(C)(CN)NC(=O)c1cc2cc(F)ccc2s1.Cl. The Morgan fingerprint density at radius 3 is 2.67 bits per heavy atom. The maximum absolute atomic E-state index is 13.2. The van der Waals surface area contributed by atoms with Crippen molar-refractivity contribution in [3.63, 3.8) is 0 Å². The Hall–Kier alpha value is -1.17. The summed E-state index contributed by atoms with van der Waals surface area (Å²) in [6.07, 6.45) is 0. The largest absolute Gasteiger partial charge is 0.345 e. The van der Waals surface area contributed by atoms with Gasteiger partial charge in [-0.05, 0) is 42.5 Å². The van der Waals surface area contributed by atoms with E-state index < -0.39 is 5.54 Å². The van der Waals surface area contributed by atoms with Gasteiger partial charge in [-0.1, -0.05) is 13.8 Å². The van der Waals surface area contributed by atoms with Crippen molar-refractivity contribution in [3.05, 3.63) is 35.0 Å². The molecule has 1 unspecified atom stereocenters. The molecule has 0 fully saturated rings. The third-order valence-corrected chi connectivity index (χ3v) is 4.91. The summed E-state index contributed by atoms with van der Waals surface area (Å²) < 4.78 is 14.1. The summed E-state index contributed by atoms with van der Waals surface area (Å²) in [5, 5.41) is 3.74. The van der Waals surface area contributed by atoms with Crippen molar-refractivity contribution < 1.29 is 9.18 Å². The zero-order valence-electron chi connectivity index (χ0n) is 12.3. The van der Waals surface area contributed by atoms with E-state index in [1.54, 1.807) is 12.1 Å². The second kappa shape index (κ2) is 6.73. The average molecular weight is 331 g/mol. The topological polar surface area (TPSA) is 55.1 Å². The van der Waals surface area contributed by atoms with Gasteiger partial charge >= 0.3 is 0 Å². The summed E-state index contributed by atoms with van der Waals surface area (Å²) >= 11 is 1.36. The molecule has 0 spiro atoms. The molecule has 0 saturated heterocycles. The molecule has 0 aliphatic rings. The minimum Gasteiger partial charge on any atom is -0.345 e. The molecule has 0 radical (unpaired) electrons. The van der Waals surface area contributed by atoms with Gasteiger partial charge in [0.25, 0.3) is 5.91 Å². The quantitative estimate of drug-likeness (QED) is 0.900. The van der Waals surface area contributed by atoms with Crippen molar-refractivity contribution in [2.45, 2.75) is 26.3 Å². The van der Waals surface area contributed by atoms with Gasteiger partial charge in [-0.15, -0.1) is 23.7 Å². The smallest absolute Gasteiger partial charge is 0.261 e. The number of benzene rings is 1. The first-order chi connectivity index (χ1) is 9.35. The molecule has 3 nitrogen and oxygen atoms in total. The Balaban J connectivity index is 0.00000220. The summed E-state index contributed by atoms with van der Waals surface area (Å²) in [5.74, 6) is -0.229. The zero-order valence-corrected chi connectivity index (χ0v) is 13.9. The van der Waals surface area contributed by atoms with E-state index in [1.807, 2.05) is 20.8 Å². The van der Waals surface area contributed by atoms with Gasteiger partial charge in [-0.3, -0.25) is 4.79 Å². The van der Waals surface area contributed by atoms with Gasteiger partial charge < -0.3 is 11.1 Å². The molecule has 0 aliphatic heterocycles. The van der Waals surface area contributed by atoms with Gasteiger partial charge in [0, 0.05) is 11.2 Å². The van der Waals surface area contributed by atoms with E-state index in [4.69, 9.17) is 5.73 Å².